The Morgan fingerprint density at radius 2 is 2.29 bits per heavy atom. The SMILES string of the molecule is CC(O)(CN)C1=CCC2CC1C2(C)C. The second kappa shape index (κ2) is 2.83. The third kappa shape index (κ3) is 1.17. The predicted molar refractivity (Wildman–Crippen MR) is 57.8 cm³/mol. The van der Waals surface area contributed by atoms with Gasteiger partial charge in [-0.3, -0.25) is 0 Å². The largest absolute Gasteiger partial charge is 0.384 e. The van der Waals surface area contributed by atoms with Crippen LogP contribution in [0.2, 0.25) is 0 Å². The molecule has 3 atom stereocenters. The number of fused-ring (bicyclic) bond motifs is 1. The van der Waals surface area contributed by atoms with Crippen LogP contribution in [0.3, 0.4) is 0 Å². The minimum Gasteiger partial charge on any atom is -0.384 e. The summed E-state index contributed by atoms with van der Waals surface area (Å²) in [4.78, 5) is 0. The van der Waals surface area contributed by atoms with Crippen LogP contribution < -0.4 is 5.73 Å². The molecule has 0 radical (unpaired) electrons. The molecule has 3 rings (SSSR count). The normalized spacial score (nSPS) is 38.2. The van der Waals surface area contributed by atoms with Gasteiger partial charge < -0.3 is 10.8 Å². The van der Waals surface area contributed by atoms with Gasteiger partial charge in [0, 0.05) is 6.54 Å². The molecule has 2 bridgehead atoms. The van der Waals surface area contributed by atoms with Crippen LogP contribution in [-0.2, 0) is 0 Å². The van der Waals surface area contributed by atoms with Gasteiger partial charge in [-0.25, -0.2) is 0 Å². The maximum atomic E-state index is 10.2. The van der Waals surface area contributed by atoms with Crippen LogP contribution in [0.15, 0.2) is 11.6 Å². The van der Waals surface area contributed by atoms with E-state index in [2.05, 4.69) is 19.9 Å². The second-order valence-corrected chi connectivity index (χ2v) is 5.68. The van der Waals surface area contributed by atoms with Crippen molar-refractivity contribution in [1.29, 1.82) is 0 Å². The Kier molecular flexibility index (Phi) is 2.06. The van der Waals surface area contributed by atoms with Crippen molar-refractivity contribution in [1.82, 2.24) is 0 Å². The molecule has 1 fully saturated rings. The third-order valence-electron chi connectivity index (χ3n) is 4.49. The lowest BCUT2D eigenvalue weighted by Crippen LogP contribution is -2.54. The lowest BCUT2D eigenvalue weighted by Gasteiger charge is -2.58. The van der Waals surface area contributed by atoms with Crippen molar-refractivity contribution in [2.75, 3.05) is 6.54 Å². The minimum absolute atomic E-state index is 0.329. The Morgan fingerprint density at radius 1 is 1.64 bits per heavy atom. The smallest absolute Gasteiger partial charge is 0.0953 e. The van der Waals surface area contributed by atoms with E-state index in [0.717, 1.165) is 12.3 Å². The Bertz CT molecular complexity index is 278. The van der Waals surface area contributed by atoms with Gasteiger partial charge in [0.05, 0.1) is 5.60 Å². The fourth-order valence-electron chi connectivity index (χ4n) is 3.07. The summed E-state index contributed by atoms with van der Waals surface area (Å²) in [5.74, 6) is 1.38. The minimum atomic E-state index is -0.784. The average Bonchev–Trinajstić information content (AvgIpc) is 2.17. The summed E-state index contributed by atoms with van der Waals surface area (Å²) in [5, 5.41) is 10.2. The zero-order valence-corrected chi connectivity index (χ0v) is 9.38. The molecule has 3 aliphatic rings. The van der Waals surface area contributed by atoms with Crippen molar-refractivity contribution in [3.05, 3.63) is 11.6 Å². The summed E-state index contributed by atoms with van der Waals surface area (Å²) in [5.41, 5.74) is 6.40. The topological polar surface area (TPSA) is 46.2 Å². The molecular weight excluding hydrogens is 174 g/mol. The van der Waals surface area contributed by atoms with Crippen LogP contribution in [-0.4, -0.2) is 17.3 Å². The van der Waals surface area contributed by atoms with Crippen LogP contribution in [0.5, 0.6) is 0 Å². The summed E-state index contributed by atoms with van der Waals surface area (Å²) >= 11 is 0. The molecular formula is C12H21NO. The highest BCUT2D eigenvalue weighted by molar-refractivity contribution is 5.30. The fourth-order valence-corrected chi connectivity index (χ4v) is 3.07. The monoisotopic (exact) mass is 195 g/mol. The van der Waals surface area contributed by atoms with Gasteiger partial charge in [-0.15, -0.1) is 0 Å². The Labute approximate surface area is 86.2 Å². The van der Waals surface area contributed by atoms with E-state index in [1.807, 2.05) is 6.92 Å². The molecule has 0 aromatic carbocycles. The van der Waals surface area contributed by atoms with Gasteiger partial charge in [-0.1, -0.05) is 19.9 Å². The quantitative estimate of drug-likeness (QED) is 0.659. The molecule has 0 amide bonds. The van der Waals surface area contributed by atoms with E-state index in [4.69, 9.17) is 5.73 Å². The molecule has 3 aliphatic carbocycles. The first kappa shape index (κ1) is 10.2. The Hall–Kier alpha value is -0.340. The van der Waals surface area contributed by atoms with Crippen molar-refractivity contribution < 1.29 is 5.11 Å². The number of hydrogen-bond acceptors (Lipinski definition) is 2. The number of hydrogen-bond donors (Lipinski definition) is 2. The molecule has 2 nitrogen and oxygen atoms in total. The van der Waals surface area contributed by atoms with Crippen LogP contribution in [0.1, 0.15) is 33.6 Å². The Balaban J connectivity index is 2.27. The first-order chi connectivity index (χ1) is 6.39. The summed E-state index contributed by atoms with van der Waals surface area (Å²) in [6.45, 7) is 6.79. The van der Waals surface area contributed by atoms with Crippen molar-refractivity contribution in [3.8, 4) is 0 Å². The number of nitrogens with two attached hydrogens (primary N) is 1. The van der Waals surface area contributed by atoms with Gasteiger partial charge in [0.15, 0.2) is 0 Å². The number of rotatable bonds is 2. The number of allylic oxidation sites excluding steroid dienone is 1. The van der Waals surface area contributed by atoms with Gasteiger partial charge in [0.25, 0.3) is 0 Å². The summed E-state index contributed by atoms with van der Waals surface area (Å²) in [7, 11) is 0. The van der Waals surface area contributed by atoms with E-state index in [1.54, 1.807) is 0 Å². The highest BCUT2D eigenvalue weighted by Gasteiger charge is 2.54. The van der Waals surface area contributed by atoms with Crippen molar-refractivity contribution in [2.45, 2.75) is 39.2 Å². The molecule has 80 valence electrons. The van der Waals surface area contributed by atoms with Gasteiger partial charge >= 0.3 is 0 Å². The van der Waals surface area contributed by atoms with Crippen LogP contribution in [0, 0.1) is 17.3 Å². The van der Waals surface area contributed by atoms with Gasteiger partial charge in [-0.05, 0) is 42.6 Å². The maximum absolute atomic E-state index is 10.2. The molecule has 0 saturated heterocycles. The molecule has 14 heavy (non-hydrogen) atoms. The second-order valence-electron chi connectivity index (χ2n) is 5.68. The van der Waals surface area contributed by atoms with E-state index in [0.29, 0.717) is 17.9 Å². The molecule has 3 unspecified atom stereocenters. The first-order valence-electron chi connectivity index (χ1n) is 5.52. The highest BCUT2D eigenvalue weighted by atomic mass is 16.3. The summed E-state index contributed by atoms with van der Waals surface area (Å²) in [6, 6.07) is 0. The first-order valence-corrected chi connectivity index (χ1v) is 5.52. The lowest BCUT2D eigenvalue weighted by molar-refractivity contribution is -0.0377. The summed E-state index contributed by atoms with van der Waals surface area (Å²) in [6.07, 6.45) is 4.58. The van der Waals surface area contributed by atoms with Crippen molar-refractivity contribution in [3.63, 3.8) is 0 Å². The molecule has 2 heteroatoms. The molecule has 0 heterocycles. The van der Waals surface area contributed by atoms with E-state index in [9.17, 15) is 5.11 Å². The molecule has 0 aliphatic heterocycles. The molecule has 0 spiro atoms. The standard InChI is InChI=1S/C12H21NO/c1-11(2)8-4-5-9(10(11)6-8)12(3,14)7-13/h5,8,10,14H,4,6-7,13H2,1-3H3. The van der Waals surface area contributed by atoms with Gasteiger partial charge in [0.2, 0.25) is 0 Å². The molecule has 0 aromatic rings. The van der Waals surface area contributed by atoms with Gasteiger partial charge in [0.1, 0.15) is 0 Å². The van der Waals surface area contributed by atoms with Crippen molar-refractivity contribution >= 4 is 0 Å². The van der Waals surface area contributed by atoms with Crippen LogP contribution >= 0.6 is 0 Å². The fraction of sp³-hybridized carbons (Fsp3) is 0.833. The van der Waals surface area contributed by atoms with Crippen LogP contribution in [0.25, 0.3) is 0 Å². The van der Waals surface area contributed by atoms with E-state index >= 15 is 0 Å². The average molecular weight is 195 g/mol. The van der Waals surface area contributed by atoms with Gasteiger partial charge in [-0.2, -0.15) is 0 Å². The third-order valence-corrected chi connectivity index (χ3v) is 4.49. The van der Waals surface area contributed by atoms with E-state index < -0.39 is 5.60 Å². The number of aliphatic hydroxyl groups is 1. The highest BCUT2D eigenvalue weighted by Crippen LogP contribution is 2.60. The maximum Gasteiger partial charge on any atom is 0.0953 e. The zero-order valence-electron chi connectivity index (χ0n) is 9.38. The van der Waals surface area contributed by atoms with Crippen LogP contribution in [0.4, 0.5) is 0 Å². The zero-order chi connectivity index (χ0) is 10.6. The lowest BCUT2D eigenvalue weighted by atomic mass is 9.47. The molecule has 3 N–H and O–H groups in total. The Morgan fingerprint density at radius 3 is 2.71 bits per heavy atom. The van der Waals surface area contributed by atoms with E-state index in [1.165, 1.54) is 12.0 Å². The van der Waals surface area contributed by atoms with E-state index in [-0.39, 0.29) is 0 Å². The molecule has 0 aromatic heterocycles. The van der Waals surface area contributed by atoms with Crippen molar-refractivity contribution in [2.24, 2.45) is 23.0 Å². The molecule has 1 saturated carbocycles. The summed E-state index contributed by atoms with van der Waals surface area (Å²) < 4.78 is 0. The predicted octanol–water partition coefficient (Wildman–Crippen LogP) is 1.69.